The number of sulfonamides is 1. The van der Waals surface area contributed by atoms with Gasteiger partial charge in [-0.15, -0.1) is 0 Å². The molecule has 0 spiro atoms. The lowest BCUT2D eigenvalue weighted by Crippen LogP contribution is -2.49. The molecule has 2 saturated heterocycles. The molecule has 0 aromatic carbocycles. The molecule has 0 N–H and O–H groups in total. The van der Waals surface area contributed by atoms with E-state index in [1.54, 1.807) is 16.3 Å². The summed E-state index contributed by atoms with van der Waals surface area (Å²) in [7, 11) is -1.31. The summed E-state index contributed by atoms with van der Waals surface area (Å²) in [4.78, 5) is 17.9. The Morgan fingerprint density at radius 1 is 1.04 bits per heavy atom. The van der Waals surface area contributed by atoms with Crippen LogP contribution in [0.4, 0.5) is 0 Å². The van der Waals surface area contributed by atoms with Gasteiger partial charge in [0.15, 0.2) is 5.11 Å². The first kappa shape index (κ1) is 22.5. The summed E-state index contributed by atoms with van der Waals surface area (Å²) >= 11 is 5.33. The van der Waals surface area contributed by atoms with Crippen LogP contribution in [0.3, 0.4) is 0 Å². The average Bonchev–Trinajstić information content (AvgIpc) is 2.82. The number of likely N-dealkylation sites (N-methyl/N-ethyl adjacent to an activating group) is 1. The number of nitrogens with zero attached hydrogens (tertiary/aromatic N) is 4. The fourth-order valence-corrected chi connectivity index (χ4v) is 5.58. The van der Waals surface area contributed by atoms with Crippen molar-refractivity contribution in [2.45, 2.75) is 52.0 Å². The third kappa shape index (κ3) is 5.85. The van der Waals surface area contributed by atoms with Gasteiger partial charge in [-0.2, -0.15) is 4.31 Å². The molecule has 27 heavy (non-hydrogen) atoms. The number of carbonyl (C=O) groups is 1. The highest BCUT2D eigenvalue weighted by atomic mass is 32.2. The highest BCUT2D eigenvalue weighted by Crippen LogP contribution is 2.17. The minimum atomic E-state index is -3.05. The highest BCUT2D eigenvalue weighted by molar-refractivity contribution is 7.89. The van der Waals surface area contributed by atoms with Gasteiger partial charge < -0.3 is 9.80 Å². The van der Waals surface area contributed by atoms with Gasteiger partial charge in [-0.25, -0.2) is 8.42 Å². The van der Waals surface area contributed by atoms with E-state index < -0.39 is 10.0 Å². The van der Waals surface area contributed by atoms with Crippen LogP contribution in [0.25, 0.3) is 0 Å². The van der Waals surface area contributed by atoms with E-state index in [2.05, 4.69) is 4.90 Å². The van der Waals surface area contributed by atoms with Crippen molar-refractivity contribution in [1.82, 2.24) is 19.0 Å². The number of hydrogen-bond acceptors (Lipinski definition) is 5. The molecule has 0 aliphatic carbocycles. The average molecular weight is 419 g/mol. The maximum atomic E-state index is 12.1. The minimum Gasteiger partial charge on any atom is -0.337 e. The highest BCUT2D eigenvalue weighted by Gasteiger charge is 2.36. The van der Waals surface area contributed by atoms with Crippen LogP contribution in [0.15, 0.2) is 0 Å². The zero-order chi connectivity index (χ0) is 20.0. The number of rotatable bonds is 10. The van der Waals surface area contributed by atoms with Gasteiger partial charge >= 0.3 is 0 Å². The number of carbonyl (C=O) groups excluding carboxylic acids is 1. The van der Waals surface area contributed by atoms with Crippen LogP contribution in [0.1, 0.15) is 46.0 Å². The van der Waals surface area contributed by atoms with Crippen LogP contribution in [0.2, 0.25) is 0 Å². The predicted molar refractivity (Wildman–Crippen MR) is 112 cm³/mol. The van der Waals surface area contributed by atoms with Gasteiger partial charge in [0, 0.05) is 39.8 Å². The Labute approximate surface area is 169 Å². The monoisotopic (exact) mass is 418 g/mol. The lowest BCUT2D eigenvalue weighted by molar-refractivity contribution is -0.126. The molecule has 0 radical (unpaired) electrons. The Kier molecular flexibility index (Phi) is 8.45. The van der Waals surface area contributed by atoms with Crippen molar-refractivity contribution in [3.63, 3.8) is 0 Å². The number of thiocarbonyl (C=S) groups is 1. The van der Waals surface area contributed by atoms with E-state index in [4.69, 9.17) is 12.2 Å². The molecule has 2 aliphatic heterocycles. The first-order chi connectivity index (χ1) is 12.8. The minimum absolute atomic E-state index is 0.0834. The Morgan fingerprint density at radius 2 is 1.63 bits per heavy atom. The molecule has 0 aromatic rings. The van der Waals surface area contributed by atoms with Crippen LogP contribution in [-0.2, 0) is 14.8 Å². The Bertz CT molecular complexity index is 618. The van der Waals surface area contributed by atoms with Crippen LogP contribution in [0.5, 0.6) is 0 Å². The van der Waals surface area contributed by atoms with Crippen molar-refractivity contribution in [1.29, 1.82) is 0 Å². The Hall–Kier alpha value is -0.770. The topological polar surface area (TPSA) is 64.2 Å². The van der Waals surface area contributed by atoms with Crippen molar-refractivity contribution in [3.8, 4) is 0 Å². The van der Waals surface area contributed by atoms with Crippen LogP contribution in [0, 0.1) is 0 Å². The van der Waals surface area contributed by atoms with Gasteiger partial charge in [-0.05, 0) is 44.9 Å². The molecule has 156 valence electrons. The van der Waals surface area contributed by atoms with Crippen molar-refractivity contribution in [3.05, 3.63) is 0 Å². The third-order valence-corrected chi connectivity index (χ3v) is 8.08. The molecule has 2 fully saturated rings. The second-order valence-electron chi connectivity index (χ2n) is 7.52. The molecule has 2 rings (SSSR count). The van der Waals surface area contributed by atoms with Gasteiger partial charge in [-0.3, -0.25) is 9.69 Å². The standard InChI is InChI=1S/C18H34N4O3S2/c1-4-15-27(24,25)21-13-11-20(12-14-21)9-7-5-6-8-10-22-16(2)17(23)19(3)18(22)26/h16H,4-15H2,1-3H3. The zero-order valence-corrected chi connectivity index (χ0v) is 18.5. The van der Waals surface area contributed by atoms with Gasteiger partial charge in [0.25, 0.3) is 5.91 Å². The summed E-state index contributed by atoms with van der Waals surface area (Å²) in [6.07, 6.45) is 5.10. The first-order valence-electron chi connectivity index (χ1n) is 10.1. The maximum Gasteiger partial charge on any atom is 0.250 e. The lowest BCUT2D eigenvalue weighted by Gasteiger charge is -2.34. The summed E-state index contributed by atoms with van der Waals surface area (Å²) in [6, 6.07) is -0.136. The summed E-state index contributed by atoms with van der Waals surface area (Å²) in [5, 5.41) is 0.642. The van der Waals surface area contributed by atoms with Gasteiger partial charge in [-0.1, -0.05) is 19.8 Å². The predicted octanol–water partition coefficient (Wildman–Crippen LogP) is 1.35. The van der Waals surface area contributed by atoms with E-state index in [9.17, 15) is 13.2 Å². The van der Waals surface area contributed by atoms with E-state index in [0.717, 1.165) is 51.9 Å². The van der Waals surface area contributed by atoms with E-state index in [-0.39, 0.29) is 17.7 Å². The second-order valence-corrected chi connectivity index (χ2v) is 9.97. The van der Waals surface area contributed by atoms with Crippen molar-refractivity contribution in [2.75, 3.05) is 52.1 Å². The van der Waals surface area contributed by atoms with Crippen molar-refractivity contribution < 1.29 is 13.2 Å². The van der Waals surface area contributed by atoms with Gasteiger partial charge in [0.2, 0.25) is 10.0 Å². The van der Waals surface area contributed by atoms with Crippen molar-refractivity contribution >= 4 is 33.3 Å². The molecule has 2 heterocycles. The fourth-order valence-electron chi connectivity index (χ4n) is 3.74. The molecule has 0 aromatic heterocycles. The number of piperazine rings is 1. The maximum absolute atomic E-state index is 12.1. The van der Waals surface area contributed by atoms with Gasteiger partial charge in [0.1, 0.15) is 6.04 Å². The number of hydrogen-bond donors (Lipinski definition) is 0. The van der Waals surface area contributed by atoms with E-state index in [1.807, 2.05) is 18.7 Å². The molecule has 1 atom stereocenters. The normalized spacial score (nSPS) is 22.9. The molecule has 0 saturated carbocycles. The number of unbranched alkanes of at least 4 members (excludes halogenated alkanes) is 3. The molecular formula is C18H34N4O3S2. The molecule has 1 amide bonds. The molecule has 7 nitrogen and oxygen atoms in total. The Morgan fingerprint density at radius 3 is 2.15 bits per heavy atom. The summed E-state index contributed by atoms with van der Waals surface area (Å²) in [5.74, 6) is 0.341. The fraction of sp³-hybridized carbons (Fsp3) is 0.889. The van der Waals surface area contributed by atoms with E-state index in [0.29, 0.717) is 24.6 Å². The van der Waals surface area contributed by atoms with E-state index >= 15 is 0 Å². The molecule has 2 aliphatic rings. The van der Waals surface area contributed by atoms with E-state index in [1.165, 1.54) is 0 Å². The molecule has 1 unspecified atom stereocenters. The SMILES string of the molecule is CCCS(=O)(=O)N1CCN(CCCCCCN2C(=S)N(C)C(=O)C2C)CC1. The van der Waals surface area contributed by atoms with Crippen molar-refractivity contribution in [2.24, 2.45) is 0 Å². The molecular weight excluding hydrogens is 384 g/mol. The van der Waals surface area contributed by atoms with Crippen LogP contribution in [-0.4, -0.2) is 96.6 Å². The molecule has 9 heteroatoms. The zero-order valence-electron chi connectivity index (χ0n) is 16.9. The van der Waals surface area contributed by atoms with Crippen LogP contribution < -0.4 is 0 Å². The lowest BCUT2D eigenvalue weighted by atomic mass is 10.1. The molecule has 0 bridgehead atoms. The third-order valence-electron chi connectivity index (χ3n) is 5.50. The Balaban J connectivity index is 1.57. The summed E-state index contributed by atoms with van der Waals surface area (Å²) < 4.78 is 25.8. The van der Waals surface area contributed by atoms with Crippen LogP contribution >= 0.6 is 12.2 Å². The summed E-state index contributed by atoms with van der Waals surface area (Å²) in [6.45, 7) is 8.59. The number of amides is 1. The quantitative estimate of drug-likeness (QED) is 0.394. The summed E-state index contributed by atoms with van der Waals surface area (Å²) in [5.41, 5.74) is 0. The largest absolute Gasteiger partial charge is 0.337 e. The second kappa shape index (κ2) is 10.1. The first-order valence-corrected chi connectivity index (χ1v) is 12.1. The van der Waals surface area contributed by atoms with Gasteiger partial charge in [0.05, 0.1) is 5.75 Å². The smallest absolute Gasteiger partial charge is 0.250 e.